The number of aromatic nitrogens is 3. The van der Waals surface area contributed by atoms with Gasteiger partial charge in [0.15, 0.2) is 11.0 Å². The molecular weight excluding hydrogens is 359 g/mol. The van der Waals surface area contributed by atoms with Crippen molar-refractivity contribution in [2.45, 2.75) is 24.0 Å². The smallest absolute Gasteiger partial charge is 0.401 e. The highest BCUT2D eigenvalue weighted by Crippen LogP contribution is 2.41. The van der Waals surface area contributed by atoms with Crippen LogP contribution in [0, 0.1) is 15.9 Å². The lowest BCUT2D eigenvalue weighted by Crippen LogP contribution is -2.00. The molecule has 2 heterocycles. The first-order valence-corrected chi connectivity index (χ1v) is 8.78. The van der Waals surface area contributed by atoms with Gasteiger partial charge in [0.2, 0.25) is 0 Å². The standard InChI is InChI=1S/C17H13FN4O3S/c18-14-4-2-1-3-13(14)16-19-20-17(21(16)11-5-6-11)26-10-9-12-7-8-15(25-12)22(23)24/h1-4,7-11H,5-6H2/b10-9+. The molecule has 1 aliphatic carbocycles. The van der Waals surface area contributed by atoms with Crippen LogP contribution in [-0.4, -0.2) is 19.7 Å². The Labute approximate surface area is 151 Å². The van der Waals surface area contributed by atoms with E-state index in [9.17, 15) is 14.5 Å². The van der Waals surface area contributed by atoms with Crippen molar-refractivity contribution in [1.82, 2.24) is 14.8 Å². The van der Waals surface area contributed by atoms with E-state index in [1.54, 1.807) is 29.7 Å². The summed E-state index contributed by atoms with van der Waals surface area (Å²) in [5.41, 5.74) is 0.421. The van der Waals surface area contributed by atoms with E-state index in [0.29, 0.717) is 22.3 Å². The number of halogens is 1. The summed E-state index contributed by atoms with van der Waals surface area (Å²) in [5.74, 6) is 0.237. The van der Waals surface area contributed by atoms with Crippen molar-refractivity contribution in [3.8, 4) is 11.4 Å². The molecule has 9 heteroatoms. The van der Waals surface area contributed by atoms with Gasteiger partial charge < -0.3 is 4.42 Å². The molecule has 1 aromatic carbocycles. The topological polar surface area (TPSA) is 87.0 Å². The molecule has 1 aliphatic rings. The van der Waals surface area contributed by atoms with E-state index in [2.05, 4.69) is 10.2 Å². The molecule has 0 radical (unpaired) electrons. The van der Waals surface area contributed by atoms with E-state index in [-0.39, 0.29) is 17.7 Å². The Morgan fingerprint density at radius 3 is 2.77 bits per heavy atom. The Balaban J connectivity index is 1.58. The van der Waals surface area contributed by atoms with Crippen LogP contribution in [0.1, 0.15) is 24.6 Å². The highest BCUT2D eigenvalue weighted by Gasteiger charge is 2.30. The third kappa shape index (κ3) is 3.25. The van der Waals surface area contributed by atoms with Crippen molar-refractivity contribution in [2.75, 3.05) is 0 Å². The third-order valence-electron chi connectivity index (χ3n) is 3.89. The SMILES string of the molecule is O=[N+]([O-])c1ccc(/C=C/Sc2nnc(-c3ccccc3F)n2C2CC2)o1. The number of nitro groups is 1. The summed E-state index contributed by atoms with van der Waals surface area (Å²) in [6.07, 6.45) is 3.62. The molecule has 0 bridgehead atoms. The normalized spacial score (nSPS) is 14.2. The number of rotatable bonds is 6. The fourth-order valence-electron chi connectivity index (χ4n) is 2.54. The fraction of sp³-hybridized carbons (Fsp3) is 0.176. The molecular formula is C17H13FN4O3S. The number of furan rings is 1. The Morgan fingerprint density at radius 1 is 1.27 bits per heavy atom. The van der Waals surface area contributed by atoms with Gasteiger partial charge in [0.25, 0.3) is 0 Å². The van der Waals surface area contributed by atoms with Crippen molar-refractivity contribution in [2.24, 2.45) is 0 Å². The van der Waals surface area contributed by atoms with Gasteiger partial charge in [-0.25, -0.2) is 4.39 Å². The Morgan fingerprint density at radius 2 is 2.08 bits per heavy atom. The van der Waals surface area contributed by atoms with Gasteiger partial charge in [-0.1, -0.05) is 23.9 Å². The zero-order valence-corrected chi connectivity index (χ0v) is 14.2. The second-order valence-corrected chi connectivity index (χ2v) is 6.61. The number of hydrogen-bond donors (Lipinski definition) is 0. The monoisotopic (exact) mass is 372 g/mol. The summed E-state index contributed by atoms with van der Waals surface area (Å²) in [7, 11) is 0. The molecule has 3 aromatic rings. The lowest BCUT2D eigenvalue weighted by molar-refractivity contribution is -0.402. The van der Waals surface area contributed by atoms with Gasteiger partial charge in [0, 0.05) is 6.04 Å². The minimum atomic E-state index is -0.588. The zero-order chi connectivity index (χ0) is 18.1. The fourth-order valence-corrected chi connectivity index (χ4v) is 3.30. The van der Waals surface area contributed by atoms with Crippen LogP contribution < -0.4 is 0 Å². The van der Waals surface area contributed by atoms with Gasteiger partial charge in [-0.2, -0.15) is 0 Å². The van der Waals surface area contributed by atoms with Crippen molar-refractivity contribution in [3.05, 3.63) is 63.5 Å². The third-order valence-corrected chi connectivity index (χ3v) is 4.65. The van der Waals surface area contributed by atoms with Crippen LogP contribution in [0.3, 0.4) is 0 Å². The van der Waals surface area contributed by atoms with Crippen molar-refractivity contribution in [1.29, 1.82) is 0 Å². The summed E-state index contributed by atoms with van der Waals surface area (Å²) in [5, 5.41) is 21.3. The first-order chi connectivity index (χ1) is 12.6. The summed E-state index contributed by atoms with van der Waals surface area (Å²) in [6.45, 7) is 0. The maximum atomic E-state index is 14.1. The molecule has 0 N–H and O–H groups in total. The first-order valence-electron chi connectivity index (χ1n) is 7.90. The highest BCUT2D eigenvalue weighted by molar-refractivity contribution is 8.02. The van der Waals surface area contributed by atoms with Gasteiger partial charge >= 0.3 is 5.88 Å². The molecule has 0 spiro atoms. The van der Waals surface area contributed by atoms with Crippen LogP contribution in [0.15, 0.2) is 51.4 Å². The van der Waals surface area contributed by atoms with Crippen LogP contribution in [0.2, 0.25) is 0 Å². The molecule has 4 rings (SSSR count). The molecule has 0 atom stereocenters. The van der Waals surface area contributed by atoms with E-state index in [1.165, 1.54) is 30.0 Å². The highest BCUT2D eigenvalue weighted by atomic mass is 32.2. The minimum absolute atomic E-state index is 0.264. The van der Waals surface area contributed by atoms with E-state index in [4.69, 9.17) is 4.42 Å². The Bertz CT molecular complexity index is 994. The summed E-state index contributed by atoms with van der Waals surface area (Å²) in [4.78, 5) is 10.0. The summed E-state index contributed by atoms with van der Waals surface area (Å²) < 4.78 is 21.1. The average Bonchev–Trinajstić information content (AvgIpc) is 3.19. The molecule has 0 amide bonds. The maximum absolute atomic E-state index is 14.1. The molecule has 0 saturated heterocycles. The van der Waals surface area contributed by atoms with Gasteiger partial charge in [-0.3, -0.25) is 14.7 Å². The summed E-state index contributed by atoms with van der Waals surface area (Å²) in [6, 6.07) is 9.57. The van der Waals surface area contributed by atoms with E-state index in [1.807, 2.05) is 4.57 Å². The molecule has 1 saturated carbocycles. The minimum Gasteiger partial charge on any atom is -0.401 e. The number of thioether (sulfide) groups is 1. The van der Waals surface area contributed by atoms with Gasteiger partial charge in [0.1, 0.15) is 16.5 Å². The van der Waals surface area contributed by atoms with Crippen molar-refractivity contribution >= 4 is 23.7 Å². The molecule has 132 valence electrons. The Kier molecular flexibility index (Phi) is 4.29. The molecule has 0 aliphatic heterocycles. The van der Waals surface area contributed by atoms with Crippen LogP contribution >= 0.6 is 11.8 Å². The van der Waals surface area contributed by atoms with Crippen LogP contribution in [0.25, 0.3) is 17.5 Å². The van der Waals surface area contributed by atoms with Crippen LogP contribution in [0.4, 0.5) is 10.3 Å². The van der Waals surface area contributed by atoms with E-state index >= 15 is 0 Å². The average molecular weight is 372 g/mol. The number of benzene rings is 1. The lowest BCUT2D eigenvalue weighted by Gasteiger charge is -2.08. The van der Waals surface area contributed by atoms with Crippen LogP contribution in [0.5, 0.6) is 0 Å². The number of nitrogens with zero attached hydrogens (tertiary/aromatic N) is 4. The predicted molar refractivity (Wildman–Crippen MR) is 93.9 cm³/mol. The maximum Gasteiger partial charge on any atom is 0.433 e. The molecule has 1 fully saturated rings. The Hall–Kier alpha value is -2.94. The molecule has 26 heavy (non-hydrogen) atoms. The largest absolute Gasteiger partial charge is 0.433 e. The number of hydrogen-bond acceptors (Lipinski definition) is 6. The van der Waals surface area contributed by atoms with Crippen LogP contribution in [-0.2, 0) is 0 Å². The van der Waals surface area contributed by atoms with E-state index < -0.39 is 4.92 Å². The predicted octanol–water partition coefficient (Wildman–Crippen LogP) is 4.68. The molecule has 0 unspecified atom stereocenters. The van der Waals surface area contributed by atoms with Crippen molar-refractivity contribution in [3.63, 3.8) is 0 Å². The molecule has 7 nitrogen and oxygen atoms in total. The van der Waals surface area contributed by atoms with Crippen molar-refractivity contribution < 1.29 is 13.7 Å². The van der Waals surface area contributed by atoms with Gasteiger partial charge in [0.05, 0.1) is 11.6 Å². The summed E-state index contributed by atoms with van der Waals surface area (Å²) >= 11 is 1.31. The second kappa shape index (κ2) is 6.75. The van der Waals surface area contributed by atoms with Gasteiger partial charge in [-0.15, -0.1) is 10.2 Å². The zero-order valence-electron chi connectivity index (χ0n) is 13.4. The van der Waals surface area contributed by atoms with E-state index in [0.717, 1.165) is 12.8 Å². The quantitative estimate of drug-likeness (QED) is 0.355. The first kappa shape index (κ1) is 16.5. The van der Waals surface area contributed by atoms with Gasteiger partial charge in [-0.05, 0) is 42.5 Å². The molecule has 2 aromatic heterocycles. The second-order valence-electron chi connectivity index (χ2n) is 5.74. The lowest BCUT2D eigenvalue weighted by atomic mass is 10.2.